The quantitative estimate of drug-likeness (QED) is 0.120. The normalized spacial score (nSPS) is 13.8. The van der Waals surface area contributed by atoms with Crippen LogP contribution in [-0.4, -0.2) is 11.5 Å². The topological polar surface area (TPSA) is 26.3 Å². The van der Waals surface area contributed by atoms with E-state index in [-0.39, 0.29) is 27.1 Å². The van der Waals surface area contributed by atoms with Gasteiger partial charge in [-0.05, 0) is 55.1 Å². The number of halogens is 3. The molecule has 0 spiro atoms. The summed E-state index contributed by atoms with van der Waals surface area (Å²) < 4.78 is 44.7. The number of thioether (sulfide) groups is 1. The molecule has 1 aromatic heterocycles. The lowest BCUT2D eigenvalue weighted by Crippen LogP contribution is -2.27. The van der Waals surface area contributed by atoms with Crippen molar-refractivity contribution in [3.63, 3.8) is 0 Å². The molecule has 0 N–H and O–H groups in total. The van der Waals surface area contributed by atoms with Gasteiger partial charge in [0.2, 0.25) is 0 Å². The Bertz CT molecular complexity index is 1400. The second-order valence-corrected chi connectivity index (χ2v) is 11.1. The summed E-state index contributed by atoms with van der Waals surface area (Å²) in [7, 11) is -0.290. The molecule has 2 atom stereocenters. The highest BCUT2D eigenvalue weighted by Gasteiger charge is 2.32. The van der Waals surface area contributed by atoms with Crippen LogP contribution >= 0.6 is 22.2 Å². The molecule has 0 aliphatic carbocycles. The van der Waals surface area contributed by atoms with E-state index < -0.39 is 17.1 Å². The van der Waals surface area contributed by atoms with E-state index in [2.05, 4.69) is 31.0 Å². The lowest BCUT2D eigenvalue weighted by molar-refractivity contribution is -0.0328. The van der Waals surface area contributed by atoms with Crippen molar-refractivity contribution in [3.05, 3.63) is 94.9 Å². The second kappa shape index (κ2) is 9.21. The van der Waals surface area contributed by atoms with Crippen molar-refractivity contribution in [1.82, 2.24) is 0 Å². The van der Waals surface area contributed by atoms with Gasteiger partial charge in [-0.1, -0.05) is 36.3 Å². The number of fused-ring (bicyclic) bond motifs is 1. The number of benzene rings is 3. The summed E-state index contributed by atoms with van der Waals surface area (Å²) in [6.07, 6.45) is 5.69. The van der Waals surface area contributed by atoms with E-state index in [9.17, 15) is 18.0 Å². The van der Waals surface area contributed by atoms with Crippen LogP contribution in [0.3, 0.4) is 0 Å². The van der Waals surface area contributed by atoms with Crippen molar-refractivity contribution >= 4 is 38.3 Å². The van der Waals surface area contributed by atoms with Crippen molar-refractivity contribution in [2.45, 2.75) is 29.9 Å². The van der Waals surface area contributed by atoms with Crippen LogP contribution in [0.4, 0.5) is 13.2 Å². The summed E-state index contributed by atoms with van der Waals surface area (Å²) in [5, 5.41) is 1.17. The Balaban J connectivity index is 1.61. The van der Waals surface area contributed by atoms with Gasteiger partial charge < -0.3 is 4.74 Å². The third-order valence-electron chi connectivity index (χ3n) is 5.34. The minimum atomic E-state index is -4.39. The largest absolute Gasteiger partial charge is 0.446 e. The van der Waals surface area contributed by atoms with Gasteiger partial charge in [-0.25, -0.2) is 4.79 Å². The maximum Gasteiger partial charge on any atom is 0.446 e. The first-order valence-electron chi connectivity index (χ1n) is 10.3. The maximum absolute atomic E-state index is 13.1. The van der Waals surface area contributed by atoms with E-state index in [1.807, 2.05) is 30.3 Å². The molecule has 2 unspecified atom stereocenters. The Kier molecular flexibility index (Phi) is 6.48. The lowest BCUT2D eigenvalue weighted by atomic mass is 9.96. The van der Waals surface area contributed by atoms with Crippen LogP contribution in [0.2, 0.25) is 0 Å². The maximum atomic E-state index is 13.1. The number of rotatable bonds is 5. The average Bonchev–Trinajstić information content (AvgIpc) is 3.14. The monoisotopic (exact) mass is 497 g/mol. The molecule has 0 fully saturated rings. The number of hydrogen-bond donors (Lipinski definition) is 0. The van der Waals surface area contributed by atoms with Crippen LogP contribution in [0, 0.1) is 19.3 Å². The summed E-state index contributed by atoms with van der Waals surface area (Å²) in [6, 6.07) is 23.1. The van der Waals surface area contributed by atoms with Gasteiger partial charge in [0, 0.05) is 45.4 Å². The molecule has 4 aromatic rings. The first-order chi connectivity index (χ1) is 16.1. The predicted octanol–water partition coefficient (Wildman–Crippen LogP) is 8.20. The Morgan fingerprint density at radius 3 is 2.38 bits per heavy atom. The van der Waals surface area contributed by atoms with Crippen LogP contribution < -0.4 is 0 Å². The highest BCUT2D eigenvalue weighted by Crippen LogP contribution is 2.43. The fourth-order valence-electron chi connectivity index (χ4n) is 3.69. The SMILES string of the molecule is C#CC(C)(OC(=O)c1cccc(-[s+]2c(C)cc3ccccc32)c1)c1ccc(SC(F)(F)F)cc1. The Morgan fingerprint density at radius 2 is 1.71 bits per heavy atom. The lowest BCUT2D eigenvalue weighted by Gasteiger charge is -2.24. The fraction of sp³-hybridized carbons (Fsp3) is 0.148. The minimum absolute atomic E-state index is 0.0240. The van der Waals surface area contributed by atoms with Crippen LogP contribution in [0.25, 0.3) is 15.0 Å². The Labute approximate surface area is 202 Å². The number of aryl methyl sites for hydroxylation is 1. The van der Waals surface area contributed by atoms with Crippen LogP contribution in [-0.2, 0) is 10.3 Å². The molecule has 7 heteroatoms. The molecule has 0 aliphatic heterocycles. The highest BCUT2D eigenvalue weighted by atomic mass is 32.2. The van der Waals surface area contributed by atoms with E-state index in [1.165, 1.54) is 39.2 Å². The first kappa shape index (κ1) is 23.9. The van der Waals surface area contributed by atoms with Gasteiger partial charge in [0.25, 0.3) is 0 Å². The molecule has 0 bridgehead atoms. The molecular weight excluding hydrogens is 477 g/mol. The second-order valence-electron chi connectivity index (χ2n) is 7.77. The number of carbonyl (C=O) groups excluding carboxylic acids is 1. The van der Waals surface area contributed by atoms with Crippen molar-refractivity contribution in [3.8, 4) is 17.2 Å². The molecule has 0 amide bonds. The van der Waals surface area contributed by atoms with Gasteiger partial charge in [0.05, 0.1) is 5.56 Å². The van der Waals surface area contributed by atoms with Gasteiger partial charge in [0.15, 0.2) is 20.1 Å². The van der Waals surface area contributed by atoms with Crippen molar-refractivity contribution < 1.29 is 22.7 Å². The van der Waals surface area contributed by atoms with Crippen LogP contribution in [0.1, 0.15) is 27.7 Å². The van der Waals surface area contributed by atoms with Crippen LogP contribution in [0.15, 0.2) is 83.8 Å². The van der Waals surface area contributed by atoms with Crippen molar-refractivity contribution in [1.29, 1.82) is 0 Å². The standard InChI is InChI=1S/C27H20F3O2S2/c1-4-26(3,21-12-14-22(15-13-21)33-27(28,29)30)32-25(31)20-9-7-10-23(17-20)34-18(2)16-19-8-5-6-11-24(19)34/h1,5-17H,2-3H3/q+1. The molecule has 34 heavy (non-hydrogen) atoms. The Morgan fingerprint density at radius 1 is 1.00 bits per heavy atom. The van der Waals surface area contributed by atoms with E-state index >= 15 is 0 Å². The van der Waals surface area contributed by atoms with Gasteiger partial charge in [-0.3, -0.25) is 0 Å². The third-order valence-corrected chi connectivity index (χ3v) is 8.37. The molecular formula is C27H20F3O2S2+. The summed E-state index contributed by atoms with van der Waals surface area (Å²) in [5.74, 6) is 1.87. The van der Waals surface area contributed by atoms with Gasteiger partial charge in [-0.2, -0.15) is 13.2 Å². The number of esters is 1. The smallest absolute Gasteiger partial charge is 0.438 e. The Hall–Kier alpha value is -3.21. The van der Waals surface area contributed by atoms with E-state index in [0.29, 0.717) is 11.1 Å². The zero-order valence-corrected chi connectivity index (χ0v) is 20.0. The first-order valence-corrected chi connectivity index (χ1v) is 12.3. The summed E-state index contributed by atoms with van der Waals surface area (Å²) in [5.41, 5.74) is -5.06. The van der Waals surface area contributed by atoms with E-state index in [4.69, 9.17) is 11.2 Å². The number of alkyl halides is 3. The zero-order valence-electron chi connectivity index (χ0n) is 18.3. The molecule has 2 nitrogen and oxygen atoms in total. The molecule has 0 radical (unpaired) electrons. The van der Waals surface area contributed by atoms with Crippen molar-refractivity contribution in [2.75, 3.05) is 0 Å². The number of terminal acetylenes is 1. The van der Waals surface area contributed by atoms with Crippen LogP contribution in [0.5, 0.6) is 0 Å². The number of thiophene rings is 1. The number of hydrogen-bond acceptors (Lipinski definition) is 3. The minimum Gasteiger partial charge on any atom is -0.438 e. The van der Waals surface area contributed by atoms with E-state index in [0.717, 1.165) is 4.90 Å². The summed E-state index contributed by atoms with van der Waals surface area (Å²) >= 11 is -0.216. The number of carbonyl (C=O) groups is 1. The summed E-state index contributed by atoms with van der Waals surface area (Å²) in [4.78, 5) is 15.3. The number of ether oxygens (including phenoxy) is 1. The highest BCUT2D eigenvalue weighted by molar-refractivity contribution is 8.00. The fourth-order valence-corrected chi connectivity index (χ4v) is 6.48. The van der Waals surface area contributed by atoms with Gasteiger partial charge in [0.1, 0.15) is 0 Å². The zero-order chi connectivity index (χ0) is 24.5. The van der Waals surface area contributed by atoms with Gasteiger partial charge >= 0.3 is 11.5 Å². The van der Waals surface area contributed by atoms with Crippen molar-refractivity contribution in [2.24, 2.45) is 0 Å². The molecule has 0 aliphatic rings. The predicted molar refractivity (Wildman–Crippen MR) is 132 cm³/mol. The molecule has 0 saturated carbocycles. The molecule has 1 heterocycles. The molecule has 4 rings (SSSR count). The van der Waals surface area contributed by atoms with Gasteiger partial charge in [-0.15, -0.1) is 6.42 Å². The molecule has 0 saturated heterocycles. The summed E-state index contributed by atoms with van der Waals surface area (Å²) in [6.45, 7) is 3.62. The van der Waals surface area contributed by atoms with E-state index in [1.54, 1.807) is 13.0 Å². The average molecular weight is 498 g/mol. The third kappa shape index (κ3) is 4.98. The molecule has 3 aromatic carbocycles. The molecule has 172 valence electrons.